The predicted molar refractivity (Wildman–Crippen MR) is 117 cm³/mol. The molecule has 0 bridgehead atoms. The molecule has 0 spiro atoms. The number of carbonyl (C=O) groups is 1. The van der Waals surface area contributed by atoms with Crippen molar-refractivity contribution in [3.05, 3.63) is 88.6 Å². The van der Waals surface area contributed by atoms with Crippen molar-refractivity contribution in [3.63, 3.8) is 0 Å². The Labute approximate surface area is 187 Å². The number of hydrogen-bond donors (Lipinski definition) is 1. The summed E-state index contributed by atoms with van der Waals surface area (Å²) >= 11 is 7.52. The summed E-state index contributed by atoms with van der Waals surface area (Å²) in [6.45, 7) is 2.25. The number of amides is 1. The number of anilines is 1. The van der Waals surface area contributed by atoms with Gasteiger partial charge in [-0.15, -0.1) is 0 Å². The lowest BCUT2D eigenvalue weighted by Crippen LogP contribution is -2.19. The Hall–Kier alpha value is -2.71. The number of benzene rings is 2. The predicted octanol–water partition coefficient (Wildman–Crippen LogP) is 6.10. The molecule has 0 saturated carbocycles. The quantitative estimate of drug-likeness (QED) is 0.428. The van der Waals surface area contributed by atoms with E-state index in [1.54, 1.807) is 4.31 Å². The van der Waals surface area contributed by atoms with E-state index in [0.717, 1.165) is 28.3 Å². The summed E-state index contributed by atoms with van der Waals surface area (Å²) < 4.78 is 40.8. The van der Waals surface area contributed by atoms with E-state index in [9.17, 15) is 18.0 Å². The molecular weight excluding hydrogens is 447 g/mol. The van der Waals surface area contributed by atoms with E-state index in [4.69, 9.17) is 11.6 Å². The van der Waals surface area contributed by atoms with E-state index in [1.165, 1.54) is 18.9 Å². The van der Waals surface area contributed by atoms with Gasteiger partial charge in [0.05, 0.1) is 17.1 Å². The molecule has 0 aliphatic carbocycles. The van der Waals surface area contributed by atoms with E-state index in [2.05, 4.69) is 10.3 Å². The number of rotatable bonds is 7. The van der Waals surface area contributed by atoms with Crippen LogP contribution in [0.3, 0.4) is 0 Å². The van der Waals surface area contributed by atoms with Crippen molar-refractivity contribution in [1.82, 2.24) is 10.3 Å². The minimum Gasteiger partial charge on any atom is -0.352 e. The summed E-state index contributed by atoms with van der Waals surface area (Å²) in [6, 6.07) is 17.9. The van der Waals surface area contributed by atoms with Crippen LogP contribution in [0.25, 0.3) is 0 Å². The summed E-state index contributed by atoms with van der Waals surface area (Å²) in [6.07, 6.45) is -3.73. The van der Waals surface area contributed by atoms with E-state index in [-0.39, 0.29) is 16.7 Å². The van der Waals surface area contributed by atoms with E-state index >= 15 is 0 Å². The molecule has 0 unspecified atom stereocenters. The van der Waals surface area contributed by atoms with Crippen LogP contribution in [-0.4, -0.2) is 10.9 Å². The molecule has 3 aromatic rings. The van der Waals surface area contributed by atoms with E-state index in [0.29, 0.717) is 13.1 Å². The van der Waals surface area contributed by atoms with Crippen LogP contribution < -0.4 is 9.62 Å². The Bertz CT molecular complexity index is 1030. The minimum absolute atomic E-state index is 0.0828. The van der Waals surface area contributed by atoms with Crippen LogP contribution >= 0.6 is 23.5 Å². The van der Waals surface area contributed by atoms with Gasteiger partial charge in [-0.25, -0.2) is 4.98 Å². The van der Waals surface area contributed by atoms with Crippen LogP contribution in [0.2, 0.25) is 5.02 Å². The fourth-order valence-corrected chi connectivity index (χ4v) is 3.97. The molecule has 0 atom stereocenters. The van der Waals surface area contributed by atoms with Crippen LogP contribution in [0.15, 0.2) is 71.8 Å². The number of carbonyl (C=O) groups excluding carboxylic acids is 1. The van der Waals surface area contributed by atoms with Gasteiger partial charge in [0.25, 0.3) is 0 Å². The van der Waals surface area contributed by atoms with Crippen LogP contribution in [0.1, 0.15) is 23.6 Å². The van der Waals surface area contributed by atoms with Crippen LogP contribution in [0.4, 0.5) is 19.0 Å². The highest BCUT2D eigenvalue weighted by Gasteiger charge is 2.32. The fourth-order valence-electron chi connectivity index (χ4n) is 2.69. The summed E-state index contributed by atoms with van der Waals surface area (Å²) in [7, 11) is 0. The van der Waals surface area contributed by atoms with Crippen molar-refractivity contribution in [2.24, 2.45) is 0 Å². The second kappa shape index (κ2) is 10.1. The highest BCUT2D eigenvalue weighted by atomic mass is 35.5. The number of nitrogens with one attached hydrogen (secondary N) is 1. The number of hydrogen-bond acceptors (Lipinski definition) is 4. The molecule has 0 saturated heterocycles. The molecule has 9 heteroatoms. The summed E-state index contributed by atoms with van der Waals surface area (Å²) in [5.41, 5.74) is 0.989. The molecule has 162 valence electrons. The van der Waals surface area contributed by atoms with Crippen LogP contribution in [0, 0.1) is 0 Å². The zero-order chi connectivity index (χ0) is 22.4. The van der Waals surface area contributed by atoms with Gasteiger partial charge < -0.3 is 5.32 Å². The maximum Gasteiger partial charge on any atom is 0.417 e. The number of aromatic nitrogens is 1. The van der Waals surface area contributed by atoms with Crippen molar-refractivity contribution in [1.29, 1.82) is 0 Å². The summed E-state index contributed by atoms with van der Waals surface area (Å²) in [4.78, 5) is 15.9. The fraction of sp³-hybridized carbons (Fsp3) is 0.182. The highest BCUT2D eigenvalue weighted by molar-refractivity contribution is 8.00. The average molecular weight is 466 g/mol. The molecule has 4 nitrogen and oxygen atoms in total. The smallest absolute Gasteiger partial charge is 0.352 e. The van der Waals surface area contributed by atoms with E-state index < -0.39 is 11.7 Å². The number of alkyl halides is 3. The molecule has 0 radical (unpaired) electrons. The molecule has 0 fully saturated rings. The van der Waals surface area contributed by atoms with Gasteiger partial charge in [0.2, 0.25) is 5.91 Å². The second-order valence-electron chi connectivity index (χ2n) is 6.69. The first-order chi connectivity index (χ1) is 14.7. The van der Waals surface area contributed by atoms with Gasteiger partial charge in [-0.3, -0.25) is 9.10 Å². The molecule has 1 amide bonds. The first-order valence-corrected chi connectivity index (χ1v) is 10.4. The van der Waals surface area contributed by atoms with Gasteiger partial charge in [-0.1, -0.05) is 54.1 Å². The maximum absolute atomic E-state index is 13.0. The zero-order valence-electron chi connectivity index (χ0n) is 16.5. The Morgan fingerprint density at radius 2 is 1.77 bits per heavy atom. The standard InChI is InChI=1S/C22H19ClF3N3OS/c1-15(30)27-12-16-7-9-19(10-8-16)31-29(14-17-5-3-2-4-6-17)21-20(23)11-18(13-28-21)22(24,25)26/h2-11,13H,12,14H2,1H3,(H,27,30). The van der Waals surface area contributed by atoms with Crippen molar-refractivity contribution < 1.29 is 18.0 Å². The molecule has 31 heavy (non-hydrogen) atoms. The Morgan fingerprint density at radius 3 is 2.35 bits per heavy atom. The lowest BCUT2D eigenvalue weighted by molar-refractivity contribution is -0.137. The van der Waals surface area contributed by atoms with Gasteiger partial charge >= 0.3 is 6.18 Å². The van der Waals surface area contributed by atoms with Gasteiger partial charge in [-0.05, 0) is 41.3 Å². The Kier molecular flexibility index (Phi) is 7.46. The maximum atomic E-state index is 13.0. The van der Waals surface area contributed by atoms with Crippen molar-refractivity contribution >= 4 is 35.3 Å². The zero-order valence-corrected chi connectivity index (χ0v) is 18.1. The largest absolute Gasteiger partial charge is 0.417 e. The van der Waals surface area contributed by atoms with Gasteiger partial charge in [0, 0.05) is 24.6 Å². The first kappa shape index (κ1) is 23.0. The summed E-state index contributed by atoms with van der Waals surface area (Å²) in [5, 5.41) is 2.65. The average Bonchev–Trinajstić information content (AvgIpc) is 2.73. The molecule has 1 heterocycles. The first-order valence-electron chi connectivity index (χ1n) is 9.28. The molecule has 0 aliphatic heterocycles. The Balaban J connectivity index is 1.86. The SMILES string of the molecule is CC(=O)NCc1ccc(SN(Cc2ccccc2)c2ncc(C(F)(F)F)cc2Cl)cc1. The summed E-state index contributed by atoms with van der Waals surface area (Å²) in [5.74, 6) is 0.126. The normalized spacial score (nSPS) is 11.3. The van der Waals surface area contributed by atoms with E-state index in [1.807, 2.05) is 54.6 Å². The Morgan fingerprint density at radius 1 is 1.10 bits per heavy atom. The third-order valence-corrected chi connectivity index (χ3v) is 5.52. The monoisotopic (exact) mass is 465 g/mol. The van der Waals surface area contributed by atoms with Crippen molar-refractivity contribution in [2.75, 3.05) is 4.31 Å². The van der Waals surface area contributed by atoms with Crippen molar-refractivity contribution in [3.8, 4) is 0 Å². The highest BCUT2D eigenvalue weighted by Crippen LogP contribution is 2.37. The van der Waals surface area contributed by atoms with Gasteiger partial charge in [0.15, 0.2) is 5.82 Å². The lowest BCUT2D eigenvalue weighted by atomic mass is 10.2. The molecule has 1 aromatic heterocycles. The van der Waals surface area contributed by atoms with Crippen LogP contribution in [0.5, 0.6) is 0 Å². The number of halogens is 4. The number of pyridine rings is 1. The minimum atomic E-state index is -4.52. The number of nitrogens with zero attached hydrogens (tertiary/aromatic N) is 2. The molecule has 3 rings (SSSR count). The van der Waals surface area contributed by atoms with Gasteiger partial charge in [-0.2, -0.15) is 13.2 Å². The third kappa shape index (κ3) is 6.63. The second-order valence-corrected chi connectivity index (χ2v) is 8.20. The van der Waals surface area contributed by atoms with Crippen molar-refractivity contribution in [2.45, 2.75) is 31.1 Å². The third-order valence-electron chi connectivity index (χ3n) is 4.23. The molecule has 2 aromatic carbocycles. The molecule has 1 N–H and O–H groups in total. The molecular formula is C22H19ClF3N3OS. The lowest BCUT2D eigenvalue weighted by Gasteiger charge is -2.24. The topological polar surface area (TPSA) is 45.2 Å². The molecule has 0 aliphatic rings. The van der Waals surface area contributed by atoms with Crippen LogP contribution in [-0.2, 0) is 24.1 Å². The van der Waals surface area contributed by atoms with Gasteiger partial charge in [0.1, 0.15) is 0 Å².